The number of hydrogen-bond donors (Lipinski definition) is 3. The van der Waals surface area contributed by atoms with Gasteiger partial charge < -0.3 is 19.7 Å². The van der Waals surface area contributed by atoms with Crippen molar-refractivity contribution in [2.24, 2.45) is 0 Å². The molecular weight excluding hydrogens is 668 g/mol. The van der Waals surface area contributed by atoms with Crippen LogP contribution in [-0.4, -0.2) is 81.1 Å². The number of carbonyl (C=O) groups is 2. The quantitative estimate of drug-likeness (QED) is 0.263. The number of carboxylic acid groups (broad SMARTS) is 1. The van der Waals surface area contributed by atoms with E-state index in [0.717, 1.165) is 37.0 Å². The number of benzene rings is 1. The number of alkyl halides is 3. The van der Waals surface area contributed by atoms with Crippen molar-refractivity contribution in [1.29, 1.82) is 0 Å². The standard InChI is InChI=1S/C18H19BrCl2N2O6S2.C2HF3O2/c19-14-15(17(21)30-16(14)20)31(26,27)22-11-2-3-12(13(24)10-11)18(25)29-7-1-4-23-5-8-28-9-6-23;3-2(4,5)1(6)7/h2-3,10,22,24H,1,4-9H2;(H,6,7). The first-order valence-electron chi connectivity index (χ1n) is 10.4. The Kier molecular flexibility index (Phi) is 11.9. The van der Waals surface area contributed by atoms with Crippen LogP contribution in [0.3, 0.4) is 0 Å². The van der Waals surface area contributed by atoms with Gasteiger partial charge in [-0.25, -0.2) is 18.0 Å². The normalized spacial score (nSPS) is 14.4. The molecule has 0 bridgehead atoms. The van der Waals surface area contributed by atoms with E-state index >= 15 is 0 Å². The molecule has 3 rings (SSSR count). The molecule has 38 heavy (non-hydrogen) atoms. The Labute approximate surface area is 237 Å². The first-order valence-corrected chi connectivity index (χ1v) is 14.2. The summed E-state index contributed by atoms with van der Waals surface area (Å²) in [5.41, 5.74) is -0.0150. The van der Waals surface area contributed by atoms with Gasteiger partial charge in [0.05, 0.1) is 30.0 Å². The summed E-state index contributed by atoms with van der Waals surface area (Å²) in [6.45, 7) is 4.10. The summed E-state index contributed by atoms with van der Waals surface area (Å²) in [5.74, 6) is -3.86. The SMILES string of the molecule is O=C(O)C(F)(F)F.O=C(OCCCN1CCOCC1)c1ccc(NS(=O)(=O)c2c(Cl)sc(Cl)c2Br)cc1O. The van der Waals surface area contributed by atoms with Crippen LogP contribution in [0, 0.1) is 0 Å². The van der Waals surface area contributed by atoms with E-state index in [1.807, 2.05) is 0 Å². The van der Waals surface area contributed by atoms with Crippen LogP contribution in [0.1, 0.15) is 16.8 Å². The maximum atomic E-state index is 12.6. The number of rotatable bonds is 8. The van der Waals surface area contributed by atoms with Crippen molar-refractivity contribution in [3.63, 3.8) is 0 Å². The first kappa shape index (κ1) is 32.4. The molecule has 1 saturated heterocycles. The van der Waals surface area contributed by atoms with E-state index in [1.54, 1.807) is 0 Å². The average molecular weight is 688 g/mol. The number of morpholine rings is 1. The molecule has 2 aromatic rings. The monoisotopic (exact) mass is 686 g/mol. The van der Waals surface area contributed by atoms with E-state index in [2.05, 4.69) is 25.6 Å². The van der Waals surface area contributed by atoms with E-state index in [0.29, 0.717) is 19.6 Å². The number of carboxylic acids is 1. The van der Waals surface area contributed by atoms with Crippen molar-refractivity contribution >= 4 is 78.1 Å². The van der Waals surface area contributed by atoms with Gasteiger partial charge in [-0.1, -0.05) is 23.2 Å². The van der Waals surface area contributed by atoms with Gasteiger partial charge in [0.2, 0.25) is 0 Å². The number of esters is 1. The van der Waals surface area contributed by atoms with Crippen molar-refractivity contribution in [2.45, 2.75) is 17.5 Å². The number of halogens is 6. The third-order valence-corrected chi connectivity index (χ3v) is 9.51. The number of thiophene rings is 1. The third-order valence-electron chi connectivity index (χ3n) is 4.67. The predicted octanol–water partition coefficient (Wildman–Crippen LogP) is 4.84. The molecule has 18 heteroatoms. The van der Waals surface area contributed by atoms with Crippen LogP contribution in [0.15, 0.2) is 27.6 Å². The van der Waals surface area contributed by atoms with Gasteiger partial charge in [-0.3, -0.25) is 9.62 Å². The van der Waals surface area contributed by atoms with Gasteiger partial charge in [-0.05, 0) is 34.5 Å². The fourth-order valence-electron chi connectivity index (χ4n) is 2.90. The summed E-state index contributed by atoms with van der Waals surface area (Å²) in [5, 5.41) is 17.3. The Bertz CT molecular complexity index is 1260. The maximum Gasteiger partial charge on any atom is 0.490 e. The third kappa shape index (κ3) is 9.43. The lowest BCUT2D eigenvalue weighted by molar-refractivity contribution is -0.192. The minimum Gasteiger partial charge on any atom is -0.507 e. The molecule has 0 spiro atoms. The molecule has 0 radical (unpaired) electrons. The molecule has 1 aromatic carbocycles. The van der Waals surface area contributed by atoms with Gasteiger partial charge in [0.15, 0.2) is 0 Å². The molecule has 2 heterocycles. The number of aliphatic carboxylic acids is 1. The van der Waals surface area contributed by atoms with Crippen LogP contribution in [0.2, 0.25) is 8.67 Å². The number of aromatic hydroxyl groups is 1. The molecule has 0 atom stereocenters. The van der Waals surface area contributed by atoms with Crippen LogP contribution < -0.4 is 4.72 Å². The van der Waals surface area contributed by atoms with Gasteiger partial charge in [-0.2, -0.15) is 13.2 Å². The van der Waals surface area contributed by atoms with Gasteiger partial charge in [0, 0.05) is 25.7 Å². The molecule has 212 valence electrons. The van der Waals surface area contributed by atoms with Crippen molar-refractivity contribution in [2.75, 3.05) is 44.2 Å². The van der Waals surface area contributed by atoms with E-state index in [1.165, 1.54) is 12.1 Å². The highest BCUT2D eigenvalue weighted by atomic mass is 79.9. The molecule has 1 aromatic heterocycles. The van der Waals surface area contributed by atoms with E-state index < -0.39 is 33.9 Å². The highest BCUT2D eigenvalue weighted by Crippen LogP contribution is 2.43. The molecule has 1 aliphatic rings. The zero-order chi connectivity index (χ0) is 28.7. The Morgan fingerprint density at radius 2 is 1.82 bits per heavy atom. The zero-order valence-electron chi connectivity index (χ0n) is 19.1. The smallest absolute Gasteiger partial charge is 0.490 e. The second-order valence-electron chi connectivity index (χ2n) is 7.38. The Balaban J connectivity index is 0.000000638. The lowest BCUT2D eigenvalue weighted by atomic mass is 10.2. The molecule has 0 unspecified atom stereocenters. The second kappa shape index (κ2) is 14.0. The minimum absolute atomic E-state index is 0.00845. The van der Waals surface area contributed by atoms with Crippen molar-refractivity contribution in [1.82, 2.24) is 4.90 Å². The van der Waals surface area contributed by atoms with E-state index in [9.17, 15) is 31.5 Å². The summed E-state index contributed by atoms with van der Waals surface area (Å²) >= 11 is 15.9. The van der Waals surface area contributed by atoms with Crippen LogP contribution in [0.25, 0.3) is 0 Å². The number of carbonyl (C=O) groups excluding carboxylic acids is 1. The summed E-state index contributed by atoms with van der Waals surface area (Å²) in [4.78, 5) is 23.2. The molecule has 0 saturated carbocycles. The second-order valence-corrected chi connectivity index (χ2v) is 12.0. The lowest BCUT2D eigenvalue weighted by Crippen LogP contribution is -2.37. The average Bonchev–Trinajstić information content (AvgIpc) is 3.08. The van der Waals surface area contributed by atoms with Crippen LogP contribution in [-0.2, 0) is 24.3 Å². The molecule has 10 nitrogen and oxygen atoms in total. The number of anilines is 1. The van der Waals surface area contributed by atoms with Crippen molar-refractivity contribution in [3.05, 3.63) is 36.9 Å². The summed E-state index contributed by atoms with van der Waals surface area (Å²) < 4.78 is 70.1. The largest absolute Gasteiger partial charge is 0.507 e. The first-order chi connectivity index (χ1) is 17.6. The van der Waals surface area contributed by atoms with E-state index in [4.69, 9.17) is 42.6 Å². The lowest BCUT2D eigenvalue weighted by Gasteiger charge is -2.26. The number of phenols is 1. The number of sulfonamides is 1. The Hall–Kier alpha value is -1.82. The van der Waals surface area contributed by atoms with Crippen molar-refractivity contribution in [3.8, 4) is 5.75 Å². The van der Waals surface area contributed by atoms with Gasteiger partial charge in [0.25, 0.3) is 10.0 Å². The van der Waals surface area contributed by atoms with Crippen LogP contribution >= 0.6 is 50.5 Å². The number of hydrogen-bond acceptors (Lipinski definition) is 9. The highest BCUT2D eigenvalue weighted by Gasteiger charge is 2.38. The zero-order valence-corrected chi connectivity index (χ0v) is 23.8. The molecule has 0 amide bonds. The topological polar surface area (TPSA) is 142 Å². The number of nitrogens with zero attached hydrogens (tertiary/aromatic N) is 1. The highest BCUT2D eigenvalue weighted by molar-refractivity contribution is 9.10. The molecule has 1 fully saturated rings. The number of nitrogens with one attached hydrogen (secondary N) is 1. The Morgan fingerprint density at radius 1 is 1.21 bits per heavy atom. The van der Waals surface area contributed by atoms with Gasteiger partial charge >= 0.3 is 18.1 Å². The fourth-order valence-corrected chi connectivity index (χ4v) is 7.51. The van der Waals surface area contributed by atoms with Crippen LogP contribution in [0.5, 0.6) is 5.75 Å². The molecule has 1 aliphatic heterocycles. The number of phenolic OH excluding ortho intramolecular Hbond substituents is 1. The predicted molar refractivity (Wildman–Crippen MR) is 137 cm³/mol. The molecule has 0 aliphatic carbocycles. The van der Waals surface area contributed by atoms with Gasteiger partial charge in [-0.15, -0.1) is 11.3 Å². The van der Waals surface area contributed by atoms with Crippen LogP contribution in [0.4, 0.5) is 18.9 Å². The summed E-state index contributed by atoms with van der Waals surface area (Å²) in [6, 6.07) is 3.75. The van der Waals surface area contributed by atoms with Gasteiger partial charge in [0.1, 0.15) is 24.9 Å². The van der Waals surface area contributed by atoms with Crippen molar-refractivity contribution < 1.29 is 50.9 Å². The molecule has 3 N–H and O–H groups in total. The maximum absolute atomic E-state index is 12.6. The fraction of sp³-hybridized carbons (Fsp3) is 0.400. The Morgan fingerprint density at radius 3 is 2.32 bits per heavy atom. The van der Waals surface area contributed by atoms with E-state index in [-0.39, 0.29) is 35.9 Å². The molecular formula is C20H20BrCl2F3N2O8S2. The summed E-state index contributed by atoms with van der Waals surface area (Å²) in [7, 11) is -4.08. The summed E-state index contributed by atoms with van der Waals surface area (Å²) in [6.07, 6.45) is -4.43. The minimum atomic E-state index is -5.08. The number of ether oxygens (including phenoxy) is 2.